The zero-order valence-corrected chi connectivity index (χ0v) is 25.9. The van der Waals surface area contributed by atoms with E-state index >= 15 is 4.39 Å². The van der Waals surface area contributed by atoms with Crippen molar-refractivity contribution in [2.75, 3.05) is 19.8 Å². The molecule has 9 nitrogen and oxygen atoms in total. The summed E-state index contributed by atoms with van der Waals surface area (Å²) in [6, 6.07) is 10.0. The van der Waals surface area contributed by atoms with Gasteiger partial charge in [-0.25, -0.2) is 13.2 Å². The highest BCUT2D eigenvalue weighted by Gasteiger charge is 2.30. The van der Waals surface area contributed by atoms with Gasteiger partial charge in [0.2, 0.25) is 5.91 Å². The highest BCUT2D eigenvalue weighted by atomic mass is 19.1. The summed E-state index contributed by atoms with van der Waals surface area (Å²) >= 11 is 0. The molecule has 2 saturated heterocycles. The van der Waals surface area contributed by atoms with Gasteiger partial charge >= 0.3 is 5.97 Å². The Bertz CT molecular complexity index is 1490. The Morgan fingerprint density at radius 3 is 2.26 bits per heavy atom. The summed E-state index contributed by atoms with van der Waals surface area (Å²) in [6.07, 6.45) is 4.91. The summed E-state index contributed by atoms with van der Waals surface area (Å²) in [6.45, 7) is 0.938. The Kier molecular flexibility index (Phi) is 11.7. The normalized spacial score (nSPS) is 20.2. The van der Waals surface area contributed by atoms with E-state index in [1.165, 1.54) is 54.7 Å². The van der Waals surface area contributed by atoms with Crippen LogP contribution in [0.15, 0.2) is 60.9 Å². The number of ketones is 1. The van der Waals surface area contributed by atoms with Crippen LogP contribution in [0.5, 0.6) is 0 Å². The first-order chi connectivity index (χ1) is 22.7. The molecule has 4 atom stereocenters. The summed E-state index contributed by atoms with van der Waals surface area (Å²) in [5, 5.41) is 6.14. The maximum Gasteiger partial charge on any atom is 0.305 e. The number of benzene rings is 2. The summed E-state index contributed by atoms with van der Waals surface area (Å²) in [4.78, 5) is 41.0. The second-order valence-corrected chi connectivity index (χ2v) is 12.1. The number of carbonyl (C=O) groups is 3. The lowest BCUT2D eigenvalue weighted by molar-refractivity contribution is -0.146. The lowest BCUT2D eigenvalue weighted by Crippen LogP contribution is -2.49. The topological polar surface area (TPSA) is 133 Å². The van der Waals surface area contributed by atoms with Gasteiger partial charge in [-0.15, -0.1) is 0 Å². The van der Waals surface area contributed by atoms with E-state index in [-0.39, 0.29) is 61.7 Å². The highest BCUT2D eigenvalue weighted by molar-refractivity contribution is 5.87. The molecule has 0 unspecified atom stereocenters. The van der Waals surface area contributed by atoms with E-state index in [9.17, 15) is 23.2 Å². The van der Waals surface area contributed by atoms with E-state index in [2.05, 4.69) is 15.6 Å². The monoisotopic (exact) mass is 652 g/mol. The largest absolute Gasteiger partial charge is 0.464 e. The number of ether oxygens (including phenoxy) is 2. The molecule has 0 spiro atoms. The molecule has 3 heterocycles. The van der Waals surface area contributed by atoms with E-state index < -0.39 is 29.4 Å². The second kappa shape index (κ2) is 16.1. The van der Waals surface area contributed by atoms with Gasteiger partial charge in [0.1, 0.15) is 24.1 Å². The lowest BCUT2D eigenvalue weighted by atomic mass is 9.82. The summed E-state index contributed by atoms with van der Waals surface area (Å²) in [7, 11) is 0. The number of nitrogens with one attached hydrogen (secondary N) is 2. The van der Waals surface area contributed by atoms with Crippen molar-refractivity contribution in [3.63, 3.8) is 0 Å². The van der Waals surface area contributed by atoms with Gasteiger partial charge in [0.25, 0.3) is 0 Å². The third kappa shape index (κ3) is 9.46. The SMILES string of the molecule is N[C@H](C(=O)Cc1cncc(F)c1CC[C@@H]1CN[C@H](COC(=O)CC[C@H]2CCC(=O)N2)CO1)C(c1ccc(F)cc1)c1ccc(F)cc1. The second-order valence-electron chi connectivity index (χ2n) is 12.1. The van der Waals surface area contributed by atoms with Crippen LogP contribution in [-0.2, 0) is 36.7 Å². The molecule has 5 rings (SSSR count). The standard InChI is InChI=1S/C35H39F3N4O5/c36-24-5-1-21(2-6-24)34(22-3-7-25(37)8-4-22)35(39)31(43)15-23-16-40-18-30(38)29(23)12-11-28-17-41-27(19-46-28)20-47-33(45)14-10-26-9-13-32(44)42-26/h1-8,16,18,26-28,34-35,41H,9-15,17,19-20,39H2,(H,42,44)/t26-,27+,28-,35-/m1/s1. The van der Waals surface area contributed by atoms with Gasteiger partial charge in [0.15, 0.2) is 5.78 Å². The quantitative estimate of drug-likeness (QED) is 0.225. The Morgan fingerprint density at radius 2 is 1.66 bits per heavy atom. The molecule has 250 valence electrons. The van der Waals surface area contributed by atoms with Crippen LogP contribution in [0.4, 0.5) is 13.2 Å². The number of hydrogen-bond acceptors (Lipinski definition) is 8. The van der Waals surface area contributed by atoms with Crippen molar-refractivity contribution in [1.82, 2.24) is 15.6 Å². The molecule has 47 heavy (non-hydrogen) atoms. The third-order valence-corrected chi connectivity index (χ3v) is 8.76. The maximum atomic E-state index is 15.0. The van der Waals surface area contributed by atoms with Crippen molar-refractivity contribution in [1.29, 1.82) is 0 Å². The third-order valence-electron chi connectivity index (χ3n) is 8.76. The smallest absolute Gasteiger partial charge is 0.305 e. The molecule has 0 radical (unpaired) electrons. The van der Waals surface area contributed by atoms with E-state index in [1.54, 1.807) is 0 Å². The summed E-state index contributed by atoms with van der Waals surface area (Å²) < 4.78 is 53.7. The molecule has 3 aromatic rings. The van der Waals surface area contributed by atoms with Crippen LogP contribution in [0.2, 0.25) is 0 Å². The van der Waals surface area contributed by atoms with Gasteiger partial charge in [-0.05, 0) is 72.2 Å². The van der Waals surface area contributed by atoms with Crippen molar-refractivity contribution in [3.05, 3.63) is 101 Å². The van der Waals surface area contributed by atoms with Gasteiger partial charge in [-0.1, -0.05) is 24.3 Å². The number of hydrogen-bond donors (Lipinski definition) is 3. The first-order valence-corrected chi connectivity index (χ1v) is 15.9. The zero-order chi connectivity index (χ0) is 33.3. The molecule has 2 aliphatic rings. The fourth-order valence-corrected chi connectivity index (χ4v) is 6.09. The fraction of sp³-hybridized carbons (Fsp3) is 0.429. The molecule has 1 aromatic heterocycles. The van der Waals surface area contributed by atoms with Crippen molar-refractivity contribution < 1.29 is 37.0 Å². The van der Waals surface area contributed by atoms with Crippen molar-refractivity contribution in [2.45, 2.75) is 75.1 Å². The van der Waals surface area contributed by atoms with E-state index in [0.29, 0.717) is 54.7 Å². The summed E-state index contributed by atoms with van der Waals surface area (Å²) in [5.41, 5.74) is 8.44. The number of Topliss-reactive ketones (excluding diaryl/α,β-unsaturated/α-hetero) is 1. The van der Waals surface area contributed by atoms with Crippen LogP contribution in [0.3, 0.4) is 0 Å². The molecule has 2 fully saturated rings. The number of halogens is 3. The Hall–Kier alpha value is -4.13. The molecular formula is C35H39F3N4O5. The van der Waals surface area contributed by atoms with Crippen molar-refractivity contribution in [3.8, 4) is 0 Å². The average molecular weight is 653 g/mol. The number of nitrogens with two attached hydrogens (primary N) is 1. The Balaban J connectivity index is 1.14. The zero-order valence-electron chi connectivity index (χ0n) is 25.9. The number of esters is 1. The minimum atomic E-state index is -1.08. The minimum Gasteiger partial charge on any atom is -0.464 e. The van der Waals surface area contributed by atoms with Crippen LogP contribution >= 0.6 is 0 Å². The van der Waals surface area contributed by atoms with E-state index in [1.807, 2.05) is 0 Å². The molecule has 0 saturated carbocycles. The van der Waals surface area contributed by atoms with Crippen LogP contribution in [0.1, 0.15) is 60.3 Å². The maximum absolute atomic E-state index is 15.0. The molecule has 12 heteroatoms. The van der Waals surface area contributed by atoms with Crippen LogP contribution < -0.4 is 16.4 Å². The number of pyridine rings is 1. The number of aromatic nitrogens is 1. The first kappa shape index (κ1) is 34.2. The van der Waals surface area contributed by atoms with Gasteiger partial charge in [0, 0.05) is 44.0 Å². The number of carbonyl (C=O) groups excluding carboxylic acids is 3. The first-order valence-electron chi connectivity index (χ1n) is 15.9. The Morgan fingerprint density at radius 1 is 0.979 bits per heavy atom. The number of nitrogens with zero attached hydrogens (tertiary/aromatic N) is 1. The molecule has 1 amide bonds. The Labute approximate surface area is 271 Å². The van der Waals surface area contributed by atoms with E-state index in [4.69, 9.17) is 15.2 Å². The predicted molar refractivity (Wildman–Crippen MR) is 167 cm³/mol. The summed E-state index contributed by atoms with van der Waals surface area (Å²) in [5.74, 6) is -2.80. The number of morpholine rings is 1. The average Bonchev–Trinajstić information content (AvgIpc) is 3.49. The van der Waals surface area contributed by atoms with Crippen LogP contribution in [0, 0.1) is 17.5 Å². The highest BCUT2D eigenvalue weighted by Crippen LogP contribution is 2.29. The van der Waals surface area contributed by atoms with Gasteiger partial charge in [0.05, 0.1) is 31.0 Å². The van der Waals surface area contributed by atoms with Crippen LogP contribution in [-0.4, -0.2) is 66.6 Å². The van der Waals surface area contributed by atoms with Gasteiger partial charge < -0.3 is 25.8 Å². The number of amides is 1. The van der Waals surface area contributed by atoms with E-state index in [0.717, 1.165) is 12.6 Å². The molecule has 2 aliphatic heterocycles. The van der Waals surface area contributed by atoms with Crippen molar-refractivity contribution >= 4 is 17.7 Å². The van der Waals surface area contributed by atoms with Crippen LogP contribution in [0.25, 0.3) is 0 Å². The van der Waals surface area contributed by atoms with Gasteiger partial charge in [-0.3, -0.25) is 19.4 Å². The predicted octanol–water partition coefficient (Wildman–Crippen LogP) is 3.66. The molecule has 0 aliphatic carbocycles. The van der Waals surface area contributed by atoms with Crippen molar-refractivity contribution in [2.24, 2.45) is 5.73 Å². The fourth-order valence-electron chi connectivity index (χ4n) is 6.09. The molecule has 4 N–H and O–H groups in total. The van der Waals surface area contributed by atoms with Gasteiger partial charge in [-0.2, -0.15) is 0 Å². The molecule has 2 aromatic carbocycles. The molecule has 0 bridgehead atoms. The number of rotatable bonds is 14. The molecular weight excluding hydrogens is 613 g/mol. The minimum absolute atomic E-state index is 0.0113. The lowest BCUT2D eigenvalue weighted by Gasteiger charge is -2.30.